The Hall–Kier alpha value is -1.99. The third-order valence-corrected chi connectivity index (χ3v) is 2.63. The fourth-order valence-corrected chi connectivity index (χ4v) is 1.37. The molecule has 0 saturated heterocycles. The zero-order valence-corrected chi connectivity index (χ0v) is 15.6. The van der Waals surface area contributed by atoms with Gasteiger partial charge >= 0.3 is 0 Å². The van der Waals surface area contributed by atoms with E-state index in [4.69, 9.17) is 16.0 Å². The lowest BCUT2D eigenvalue weighted by atomic mass is 10.2. The van der Waals surface area contributed by atoms with Crippen LogP contribution in [-0.2, 0) is 4.79 Å². The lowest BCUT2D eigenvalue weighted by molar-refractivity contribution is -0.0979. The number of hydrogen-bond acceptors (Lipinski definition) is 4. The second-order valence-corrected chi connectivity index (χ2v) is 4.21. The van der Waals surface area contributed by atoms with E-state index in [1.54, 1.807) is 30.3 Å². The van der Waals surface area contributed by atoms with Gasteiger partial charge in [-0.2, -0.15) is 0 Å². The van der Waals surface area contributed by atoms with Gasteiger partial charge in [0.25, 0.3) is 0 Å². The summed E-state index contributed by atoms with van der Waals surface area (Å²) < 4.78 is 14.0. The summed E-state index contributed by atoms with van der Waals surface area (Å²) in [6, 6.07) is 11.5. The summed E-state index contributed by atoms with van der Waals surface area (Å²) in [5.41, 5.74) is 5.87. The highest BCUT2D eigenvalue weighted by Gasteiger charge is 1.88. The van der Waals surface area contributed by atoms with Crippen LogP contribution in [0.3, 0.4) is 0 Å². The molecule has 2 rings (SSSR count). The maximum atomic E-state index is 12.1. The van der Waals surface area contributed by atoms with Gasteiger partial charge in [-0.3, -0.25) is 5.41 Å². The van der Waals surface area contributed by atoms with E-state index in [1.807, 2.05) is 27.6 Å². The molecule has 1 aromatic heterocycles. The quantitative estimate of drug-likeness (QED) is 0.477. The second-order valence-electron chi connectivity index (χ2n) is 3.40. The van der Waals surface area contributed by atoms with Crippen molar-refractivity contribution in [1.82, 2.24) is 4.68 Å². The lowest BCUT2D eigenvalue weighted by Gasteiger charge is -1.98. The molecule has 0 fully saturated rings. The molecular formula is C16H26BrFN4O. The Morgan fingerprint density at radius 3 is 1.83 bits per heavy atom. The number of halogens is 2. The molecule has 23 heavy (non-hydrogen) atoms. The zero-order chi connectivity index (χ0) is 18.8. The van der Waals surface area contributed by atoms with Crippen LogP contribution in [0.25, 0.3) is 0 Å². The van der Waals surface area contributed by atoms with Gasteiger partial charge in [0, 0.05) is 0 Å². The van der Waals surface area contributed by atoms with Crippen molar-refractivity contribution < 1.29 is 9.18 Å². The average Bonchev–Trinajstić information content (AvgIpc) is 2.61. The molecule has 2 aromatic rings. The number of carbonyl (C=O) groups excluding carboxylic acids is 1. The molecule has 5 nitrogen and oxygen atoms in total. The van der Waals surface area contributed by atoms with E-state index in [9.17, 15) is 4.39 Å². The zero-order valence-electron chi connectivity index (χ0n) is 14.0. The summed E-state index contributed by atoms with van der Waals surface area (Å²) in [5.74, 6) is 5.19. The number of nitrogens with one attached hydrogen (secondary N) is 1. The molecule has 0 radical (unpaired) electrons. The molecule has 0 aliphatic rings. The summed E-state index contributed by atoms with van der Waals surface area (Å²) in [5, 5.41) is 7.17. The molecule has 0 aliphatic carbocycles. The molecule has 0 atom stereocenters. The van der Waals surface area contributed by atoms with Gasteiger partial charge in [0.05, 0.1) is 0 Å². The third-order valence-electron chi connectivity index (χ3n) is 1.99. The fraction of sp³-hybridized carbons (Fsp3) is 0.250. The first kappa shape index (κ1) is 25.9. The number of aryl methyl sites for hydroxylation is 1. The highest BCUT2D eigenvalue weighted by Crippen LogP contribution is 2.00. The molecule has 0 bridgehead atoms. The van der Waals surface area contributed by atoms with Crippen LogP contribution >= 0.6 is 15.9 Å². The first-order valence-electron chi connectivity index (χ1n) is 6.76. The Bertz CT molecular complexity index is 538. The highest BCUT2D eigenvalue weighted by molar-refractivity contribution is 9.10. The molecular weight excluding hydrogens is 363 g/mol. The van der Waals surface area contributed by atoms with Crippen LogP contribution < -0.4 is 17.1 Å². The van der Waals surface area contributed by atoms with Crippen molar-refractivity contribution in [3.63, 3.8) is 0 Å². The van der Waals surface area contributed by atoms with Gasteiger partial charge in [0.1, 0.15) is 22.7 Å². The van der Waals surface area contributed by atoms with Gasteiger partial charge in [0.2, 0.25) is 0 Å². The summed E-state index contributed by atoms with van der Waals surface area (Å²) >= 11 is 3.16. The molecule has 1 heterocycles. The summed E-state index contributed by atoms with van der Waals surface area (Å²) in [4.78, 5) is 8.00. The maximum absolute atomic E-state index is 12.1. The van der Waals surface area contributed by atoms with Crippen LogP contribution in [0, 0.1) is 18.2 Å². The number of aromatic nitrogens is 1. The third kappa shape index (κ3) is 13.4. The monoisotopic (exact) mass is 388 g/mol. The number of pyridine rings is 1. The van der Waals surface area contributed by atoms with Gasteiger partial charge in [-0.1, -0.05) is 37.6 Å². The number of hydrogen-bond donors (Lipinski definition) is 3. The van der Waals surface area contributed by atoms with Crippen molar-refractivity contribution in [1.29, 1.82) is 5.41 Å². The highest BCUT2D eigenvalue weighted by atomic mass is 79.9. The number of nitrogen functional groups attached to an aromatic ring is 1. The minimum atomic E-state index is -0.171. The Labute approximate surface area is 145 Å². The summed E-state index contributed by atoms with van der Waals surface area (Å²) in [6.07, 6.45) is 0. The van der Waals surface area contributed by atoms with Crippen LogP contribution in [0.2, 0.25) is 0 Å². The second kappa shape index (κ2) is 18.1. The molecule has 0 aliphatic heterocycles. The normalized spacial score (nSPS) is 7.61. The summed E-state index contributed by atoms with van der Waals surface area (Å²) in [6.45, 7) is 7.93. The number of nitrogens with two attached hydrogens (primary N) is 2. The SMILES string of the molecule is C=O.CC.CN.Cc1ccc(F)cc1.N=c1cccc(Br)n1N. The van der Waals surface area contributed by atoms with Gasteiger partial charge in [0.15, 0.2) is 0 Å². The standard InChI is InChI=1S/C7H7F.C5H6BrN3.C2H6.CH5N.CH2O/c1-6-2-4-7(8)5-3-6;6-4-2-1-3-5(7)9(4)8;3*1-2/h2-5H,1H3;1-3,7H,8H2;1-2H3;2H2,1H3;1H2. The minimum Gasteiger partial charge on any atom is -0.337 e. The minimum absolute atomic E-state index is 0.171. The first-order valence-corrected chi connectivity index (χ1v) is 7.56. The van der Waals surface area contributed by atoms with Crippen LogP contribution in [-0.4, -0.2) is 18.5 Å². The Morgan fingerprint density at radius 1 is 1.09 bits per heavy atom. The van der Waals surface area contributed by atoms with Gasteiger partial charge in [-0.25, -0.2) is 9.07 Å². The molecule has 130 valence electrons. The van der Waals surface area contributed by atoms with E-state index in [0.29, 0.717) is 4.60 Å². The molecule has 0 spiro atoms. The van der Waals surface area contributed by atoms with Crippen molar-refractivity contribution in [3.8, 4) is 0 Å². The van der Waals surface area contributed by atoms with Crippen molar-refractivity contribution in [2.45, 2.75) is 20.8 Å². The predicted molar refractivity (Wildman–Crippen MR) is 97.9 cm³/mol. The van der Waals surface area contributed by atoms with Gasteiger partial charge in [-0.05, 0) is 54.2 Å². The molecule has 0 unspecified atom stereocenters. The van der Waals surface area contributed by atoms with Gasteiger partial charge in [-0.15, -0.1) is 0 Å². The fourth-order valence-electron chi connectivity index (χ4n) is 1.03. The van der Waals surface area contributed by atoms with E-state index in [-0.39, 0.29) is 11.3 Å². The molecule has 0 saturated carbocycles. The Balaban J connectivity index is -0.000000264. The van der Waals surface area contributed by atoms with Crippen LogP contribution in [0.5, 0.6) is 0 Å². The largest absolute Gasteiger partial charge is 0.337 e. The van der Waals surface area contributed by atoms with Crippen molar-refractivity contribution in [2.24, 2.45) is 5.73 Å². The van der Waals surface area contributed by atoms with E-state index in [0.717, 1.165) is 5.56 Å². The number of carbonyl (C=O) groups is 1. The van der Waals surface area contributed by atoms with Crippen LogP contribution in [0.15, 0.2) is 47.1 Å². The molecule has 5 N–H and O–H groups in total. The van der Waals surface area contributed by atoms with E-state index >= 15 is 0 Å². The number of rotatable bonds is 0. The van der Waals surface area contributed by atoms with Gasteiger partial charge < -0.3 is 16.4 Å². The molecule has 0 amide bonds. The van der Waals surface area contributed by atoms with Crippen LogP contribution in [0.4, 0.5) is 4.39 Å². The average molecular weight is 389 g/mol. The topological polar surface area (TPSA) is 97.9 Å². The van der Waals surface area contributed by atoms with Crippen molar-refractivity contribution >= 4 is 22.7 Å². The lowest BCUT2D eigenvalue weighted by Crippen LogP contribution is -2.26. The van der Waals surface area contributed by atoms with E-state index in [1.165, 1.54) is 23.9 Å². The van der Waals surface area contributed by atoms with Crippen LogP contribution in [0.1, 0.15) is 19.4 Å². The summed E-state index contributed by atoms with van der Waals surface area (Å²) in [7, 11) is 1.50. The first-order chi connectivity index (χ1) is 11.0. The predicted octanol–water partition coefficient (Wildman–Crippen LogP) is 2.99. The maximum Gasteiger partial charge on any atom is 0.144 e. The number of benzene rings is 1. The molecule has 1 aromatic carbocycles. The smallest absolute Gasteiger partial charge is 0.144 e. The Kier molecular flexibility index (Phi) is 20.4. The van der Waals surface area contributed by atoms with Crippen molar-refractivity contribution in [3.05, 3.63) is 63.9 Å². The van der Waals surface area contributed by atoms with E-state index in [2.05, 4.69) is 21.7 Å². The molecule has 7 heteroatoms. The van der Waals surface area contributed by atoms with E-state index < -0.39 is 0 Å². The number of nitrogens with zero attached hydrogens (tertiary/aromatic N) is 1. The van der Waals surface area contributed by atoms with Crippen molar-refractivity contribution in [2.75, 3.05) is 12.9 Å². The Morgan fingerprint density at radius 2 is 1.52 bits per heavy atom.